The summed E-state index contributed by atoms with van der Waals surface area (Å²) in [7, 11) is 0. The average Bonchev–Trinajstić information content (AvgIpc) is 2.83. The van der Waals surface area contributed by atoms with E-state index in [1.54, 1.807) is 36.4 Å². The molecule has 0 amide bonds. The van der Waals surface area contributed by atoms with Gasteiger partial charge in [0.15, 0.2) is 11.6 Å². The van der Waals surface area contributed by atoms with Crippen molar-refractivity contribution in [2.24, 2.45) is 0 Å². The third-order valence-electron chi connectivity index (χ3n) is 4.98. The van der Waals surface area contributed by atoms with Gasteiger partial charge in [0.2, 0.25) is 0 Å². The fourth-order valence-corrected chi connectivity index (χ4v) is 3.30. The van der Waals surface area contributed by atoms with Gasteiger partial charge in [-0.1, -0.05) is 48.6 Å². The molecule has 2 nitrogen and oxygen atoms in total. The van der Waals surface area contributed by atoms with Gasteiger partial charge in [0.1, 0.15) is 11.6 Å². The summed E-state index contributed by atoms with van der Waals surface area (Å²) in [6.45, 7) is 0. The first-order valence-electron chi connectivity index (χ1n) is 9.98. The van der Waals surface area contributed by atoms with Gasteiger partial charge in [-0.15, -0.1) is 0 Å². The molecule has 4 heteroatoms. The van der Waals surface area contributed by atoms with Crippen molar-refractivity contribution in [3.05, 3.63) is 142 Å². The highest BCUT2D eigenvalue weighted by molar-refractivity contribution is 6.10. The van der Waals surface area contributed by atoms with E-state index in [2.05, 4.69) is 0 Å². The lowest BCUT2D eigenvalue weighted by Gasteiger charge is -2.04. The molecule has 4 aromatic rings. The van der Waals surface area contributed by atoms with Crippen LogP contribution in [0.5, 0.6) is 0 Å². The summed E-state index contributed by atoms with van der Waals surface area (Å²) >= 11 is 0. The molecule has 0 spiro atoms. The molecule has 4 rings (SSSR count). The van der Waals surface area contributed by atoms with E-state index in [9.17, 15) is 18.4 Å². The smallest absolute Gasteiger partial charge is 0.193 e. The largest absolute Gasteiger partial charge is 0.289 e. The van der Waals surface area contributed by atoms with Crippen LogP contribution in [0.15, 0.2) is 97.1 Å². The second-order valence-electron chi connectivity index (χ2n) is 7.26. The zero-order chi connectivity index (χ0) is 22.5. The number of carbonyl (C=O) groups excluding carboxylic acids is 2. The molecule has 0 aliphatic heterocycles. The predicted molar refractivity (Wildman–Crippen MR) is 121 cm³/mol. The van der Waals surface area contributed by atoms with Crippen LogP contribution >= 0.6 is 0 Å². The van der Waals surface area contributed by atoms with Gasteiger partial charge in [0.05, 0.1) is 0 Å². The summed E-state index contributed by atoms with van der Waals surface area (Å²) in [5.41, 5.74) is 3.46. The van der Waals surface area contributed by atoms with E-state index in [1.807, 2.05) is 24.3 Å². The van der Waals surface area contributed by atoms with Crippen LogP contribution < -0.4 is 0 Å². The monoisotopic (exact) mass is 424 g/mol. The Balaban J connectivity index is 1.53. The number of ketones is 2. The highest BCUT2D eigenvalue weighted by Crippen LogP contribution is 2.17. The zero-order valence-corrected chi connectivity index (χ0v) is 17.0. The van der Waals surface area contributed by atoms with Gasteiger partial charge in [0, 0.05) is 22.3 Å². The summed E-state index contributed by atoms with van der Waals surface area (Å²) in [5.74, 6) is -1.16. The minimum absolute atomic E-state index is 0.188. The fourth-order valence-electron chi connectivity index (χ4n) is 3.30. The van der Waals surface area contributed by atoms with Crippen molar-refractivity contribution >= 4 is 23.7 Å². The van der Waals surface area contributed by atoms with Crippen LogP contribution in [0, 0.1) is 11.6 Å². The Hall–Kier alpha value is -4.18. The van der Waals surface area contributed by atoms with Gasteiger partial charge >= 0.3 is 0 Å². The molecule has 0 radical (unpaired) electrons. The van der Waals surface area contributed by atoms with E-state index in [-0.39, 0.29) is 11.6 Å². The van der Waals surface area contributed by atoms with Crippen molar-refractivity contribution in [2.45, 2.75) is 0 Å². The van der Waals surface area contributed by atoms with Crippen LogP contribution in [-0.2, 0) is 0 Å². The van der Waals surface area contributed by atoms with Gasteiger partial charge in [-0.25, -0.2) is 8.78 Å². The summed E-state index contributed by atoms with van der Waals surface area (Å²) in [6, 6.07) is 25.1. The Morgan fingerprint density at radius 1 is 0.500 bits per heavy atom. The Labute approximate surface area is 184 Å². The van der Waals surface area contributed by atoms with Gasteiger partial charge in [-0.05, 0) is 71.8 Å². The second-order valence-corrected chi connectivity index (χ2v) is 7.26. The van der Waals surface area contributed by atoms with Gasteiger partial charge in [-0.2, -0.15) is 0 Å². The molecule has 0 saturated heterocycles. The molecule has 4 aromatic carbocycles. The lowest BCUT2D eigenvalue weighted by Crippen LogP contribution is -2.01. The topological polar surface area (TPSA) is 34.1 Å². The highest BCUT2D eigenvalue weighted by atomic mass is 19.1. The normalized spacial score (nSPS) is 10.9. The van der Waals surface area contributed by atoms with Crippen LogP contribution in [0.2, 0.25) is 0 Å². The van der Waals surface area contributed by atoms with E-state index in [4.69, 9.17) is 0 Å². The molecule has 0 fully saturated rings. The van der Waals surface area contributed by atoms with E-state index in [0.29, 0.717) is 22.3 Å². The molecule has 0 heterocycles. The summed E-state index contributed by atoms with van der Waals surface area (Å²) in [4.78, 5) is 25.3. The molecule has 0 aliphatic carbocycles. The molecule has 0 aliphatic rings. The Morgan fingerprint density at radius 3 is 1.25 bits per heavy atom. The highest BCUT2D eigenvalue weighted by Gasteiger charge is 2.10. The first kappa shape index (κ1) is 21.1. The minimum atomic E-state index is -0.390. The number of rotatable bonds is 6. The maximum Gasteiger partial charge on any atom is 0.193 e. The van der Waals surface area contributed by atoms with Crippen molar-refractivity contribution in [3.63, 3.8) is 0 Å². The summed E-state index contributed by atoms with van der Waals surface area (Å²) in [5, 5.41) is 0. The van der Waals surface area contributed by atoms with Crippen molar-refractivity contribution in [1.82, 2.24) is 0 Å². The lowest BCUT2D eigenvalue weighted by molar-refractivity contribution is 0.103. The third kappa shape index (κ3) is 4.93. The number of benzene rings is 4. The van der Waals surface area contributed by atoms with E-state index in [0.717, 1.165) is 11.1 Å². The number of hydrogen-bond donors (Lipinski definition) is 0. The third-order valence-corrected chi connectivity index (χ3v) is 4.98. The average molecular weight is 424 g/mol. The first-order valence-corrected chi connectivity index (χ1v) is 9.98. The van der Waals surface area contributed by atoms with Crippen LogP contribution in [0.1, 0.15) is 43.0 Å². The quantitative estimate of drug-likeness (QED) is 0.258. The van der Waals surface area contributed by atoms with Crippen LogP contribution in [0.3, 0.4) is 0 Å². The molecule has 32 heavy (non-hydrogen) atoms. The van der Waals surface area contributed by atoms with Gasteiger partial charge < -0.3 is 0 Å². The lowest BCUT2D eigenvalue weighted by atomic mass is 9.99. The molecule has 0 N–H and O–H groups in total. The standard InChI is InChI=1S/C28H18F2O2/c29-25-13-9-21(10-14-25)27(31)23-5-1-3-19(17-23)7-8-20-4-2-6-24(18-20)28(32)22-11-15-26(30)16-12-22/h1-18H. The first-order chi connectivity index (χ1) is 15.5. The van der Waals surface area contributed by atoms with Crippen molar-refractivity contribution < 1.29 is 18.4 Å². The zero-order valence-electron chi connectivity index (χ0n) is 17.0. The molecule has 0 atom stereocenters. The van der Waals surface area contributed by atoms with Crippen LogP contribution in [-0.4, -0.2) is 11.6 Å². The second kappa shape index (κ2) is 9.31. The molecule has 0 bridgehead atoms. The number of halogens is 2. The maximum absolute atomic E-state index is 13.1. The number of carbonyl (C=O) groups is 2. The predicted octanol–water partition coefficient (Wildman–Crippen LogP) is 6.60. The SMILES string of the molecule is O=C(c1ccc(F)cc1)c1cccc(C=Cc2cccc(C(=O)c3ccc(F)cc3)c2)c1. The van der Waals surface area contributed by atoms with E-state index >= 15 is 0 Å². The number of hydrogen-bond acceptors (Lipinski definition) is 2. The minimum Gasteiger partial charge on any atom is -0.289 e. The maximum atomic E-state index is 13.1. The fraction of sp³-hybridized carbons (Fsp3) is 0. The van der Waals surface area contributed by atoms with Crippen LogP contribution in [0.4, 0.5) is 8.78 Å². The molecule has 0 aromatic heterocycles. The van der Waals surface area contributed by atoms with Crippen molar-refractivity contribution in [1.29, 1.82) is 0 Å². The summed E-state index contributed by atoms with van der Waals surface area (Å²) < 4.78 is 26.2. The summed E-state index contributed by atoms with van der Waals surface area (Å²) in [6.07, 6.45) is 3.70. The van der Waals surface area contributed by atoms with Gasteiger partial charge in [-0.3, -0.25) is 9.59 Å². The molecule has 156 valence electrons. The van der Waals surface area contributed by atoms with Crippen molar-refractivity contribution in [3.8, 4) is 0 Å². The van der Waals surface area contributed by atoms with Crippen molar-refractivity contribution in [2.75, 3.05) is 0 Å². The molecular formula is C28H18F2O2. The van der Waals surface area contributed by atoms with E-state index in [1.165, 1.54) is 48.5 Å². The molecular weight excluding hydrogens is 406 g/mol. The Kier molecular flexibility index (Phi) is 6.13. The molecule has 0 unspecified atom stereocenters. The Morgan fingerprint density at radius 2 is 0.875 bits per heavy atom. The van der Waals surface area contributed by atoms with Gasteiger partial charge in [0.25, 0.3) is 0 Å². The van der Waals surface area contributed by atoms with Crippen LogP contribution in [0.25, 0.3) is 12.2 Å². The molecule has 0 saturated carbocycles. The van der Waals surface area contributed by atoms with E-state index < -0.39 is 11.6 Å². The Bertz CT molecular complexity index is 1200.